The molecule has 1 saturated heterocycles. The number of carbonyl (C=O) groups excluding carboxylic acids is 1. The van der Waals surface area contributed by atoms with Gasteiger partial charge in [0.25, 0.3) is 5.91 Å². The molecular formula is C18H17N3O3. The highest BCUT2D eigenvalue weighted by atomic mass is 16.5. The lowest BCUT2D eigenvalue weighted by Gasteiger charge is -2.39. The highest BCUT2D eigenvalue weighted by Crippen LogP contribution is 2.42. The average Bonchev–Trinajstić information content (AvgIpc) is 2.99. The molecule has 1 aromatic heterocycles. The molecule has 1 aromatic carbocycles. The first-order valence-corrected chi connectivity index (χ1v) is 8.19. The molecular weight excluding hydrogens is 306 g/mol. The number of benzene rings is 1. The second-order valence-corrected chi connectivity index (χ2v) is 6.30. The molecule has 2 atom stereocenters. The van der Waals surface area contributed by atoms with Crippen molar-refractivity contribution in [3.05, 3.63) is 47.5 Å². The lowest BCUT2D eigenvalue weighted by Crippen LogP contribution is -2.44. The number of morpholine rings is 1. The van der Waals surface area contributed by atoms with Crippen LogP contribution in [0.2, 0.25) is 0 Å². The Morgan fingerprint density at radius 1 is 1.21 bits per heavy atom. The zero-order chi connectivity index (χ0) is 16.1. The van der Waals surface area contributed by atoms with Crippen molar-refractivity contribution in [3.63, 3.8) is 0 Å². The molecule has 0 saturated carbocycles. The van der Waals surface area contributed by atoms with Crippen molar-refractivity contribution >= 4 is 17.5 Å². The third kappa shape index (κ3) is 2.06. The summed E-state index contributed by atoms with van der Waals surface area (Å²) >= 11 is 0. The summed E-state index contributed by atoms with van der Waals surface area (Å²) in [5, 5.41) is 2.79. The summed E-state index contributed by atoms with van der Waals surface area (Å²) in [4.78, 5) is 18.5. The predicted molar refractivity (Wildman–Crippen MR) is 88.3 cm³/mol. The van der Waals surface area contributed by atoms with Gasteiger partial charge >= 0.3 is 0 Å². The van der Waals surface area contributed by atoms with Gasteiger partial charge in [0.1, 0.15) is 5.82 Å². The van der Waals surface area contributed by atoms with E-state index in [0.717, 1.165) is 18.8 Å². The topological polar surface area (TPSA) is 63.7 Å². The number of fused-ring (bicyclic) bond motifs is 4. The van der Waals surface area contributed by atoms with Crippen molar-refractivity contribution in [2.45, 2.75) is 18.6 Å². The number of aromatic nitrogens is 1. The molecule has 122 valence electrons. The average molecular weight is 323 g/mol. The number of hydrogen-bond acceptors (Lipinski definition) is 5. The Labute approximate surface area is 139 Å². The number of amides is 1. The van der Waals surface area contributed by atoms with E-state index in [1.54, 1.807) is 0 Å². The summed E-state index contributed by atoms with van der Waals surface area (Å²) in [6.45, 7) is 1.50. The zero-order valence-corrected chi connectivity index (χ0v) is 13.1. The third-order valence-corrected chi connectivity index (χ3v) is 4.90. The van der Waals surface area contributed by atoms with Crippen LogP contribution >= 0.6 is 0 Å². The van der Waals surface area contributed by atoms with E-state index in [4.69, 9.17) is 9.47 Å². The maximum atomic E-state index is 11.5. The highest BCUT2D eigenvalue weighted by molar-refractivity contribution is 5.94. The van der Waals surface area contributed by atoms with Gasteiger partial charge in [0.05, 0.1) is 18.8 Å². The fourth-order valence-corrected chi connectivity index (χ4v) is 3.87. The molecule has 3 heterocycles. The molecule has 2 aromatic rings. The van der Waals surface area contributed by atoms with Gasteiger partial charge in [-0.15, -0.1) is 0 Å². The molecule has 2 aliphatic heterocycles. The largest absolute Gasteiger partial charge is 0.480 e. The van der Waals surface area contributed by atoms with E-state index in [-0.39, 0.29) is 24.7 Å². The quantitative estimate of drug-likeness (QED) is 0.868. The standard InChI is InChI=1S/C18H17N3O3/c22-16-10-24-13-5-6-15(19-18(13)20-16)21-7-8-23-14-9-11-3-1-2-4-12(11)17(14)21/h1-6,14,17H,7-10H2,(H,19,20,22)/t14-,17+/m0/s1. The first kappa shape index (κ1) is 13.8. The lowest BCUT2D eigenvalue weighted by atomic mass is 10.0. The molecule has 0 bridgehead atoms. The normalized spacial score (nSPS) is 24.5. The van der Waals surface area contributed by atoms with E-state index in [1.165, 1.54) is 11.1 Å². The lowest BCUT2D eigenvalue weighted by molar-refractivity contribution is -0.118. The Morgan fingerprint density at radius 2 is 2.12 bits per heavy atom. The monoisotopic (exact) mass is 323 g/mol. The number of carbonyl (C=O) groups is 1. The minimum absolute atomic E-state index is 0.0453. The van der Waals surface area contributed by atoms with Crippen LogP contribution in [-0.4, -0.2) is 36.8 Å². The minimum Gasteiger partial charge on any atom is -0.480 e. The van der Waals surface area contributed by atoms with Crippen molar-refractivity contribution in [1.29, 1.82) is 0 Å². The summed E-state index contributed by atoms with van der Waals surface area (Å²) in [6.07, 6.45) is 1.09. The Hall–Kier alpha value is -2.60. The minimum atomic E-state index is -0.168. The van der Waals surface area contributed by atoms with Crippen molar-refractivity contribution in [1.82, 2.24) is 4.98 Å². The SMILES string of the molecule is O=C1COc2ccc(N3CCO[C@H]4Cc5ccccc5[C@H]43)nc2N1. The molecule has 5 rings (SSSR count). The second-order valence-electron chi connectivity index (χ2n) is 6.30. The van der Waals surface area contributed by atoms with Gasteiger partial charge in [-0.05, 0) is 23.3 Å². The van der Waals surface area contributed by atoms with Crippen LogP contribution in [0.3, 0.4) is 0 Å². The van der Waals surface area contributed by atoms with Crippen molar-refractivity contribution in [2.75, 3.05) is 30.0 Å². The Bertz CT molecular complexity index is 823. The number of pyridine rings is 1. The Kier molecular flexibility index (Phi) is 2.99. The van der Waals surface area contributed by atoms with Gasteiger partial charge in [0.2, 0.25) is 0 Å². The van der Waals surface area contributed by atoms with Crippen LogP contribution in [-0.2, 0) is 16.0 Å². The van der Waals surface area contributed by atoms with Crippen molar-refractivity contribution < 1.29 is 14.3 Å². The summed E-state index contributed by atoms with van der Waals surface area (Å²) in [6, 6.07) is 12.5. The number of anilines is 2. The summed E-state index contributed by atoms with van der Waals surface area (Å²) in [5.41, 5.74) is 2.65. The van der Waals surface area contributed by atoms with Crippen LogP contribution < -0.4 is 15.0 Å². The second kappa shape index (κ2) is 5.21. The molecule has 0 radical (unpaired) electrons. The van der Waals surface area contributed by atoms with Crippen molar-refractivity contribution in [2.24, 2.45) is 0 Å². The summed E-state index contributed by atoms with van der Waals surface area (Å²) in [5.74, 6) is 1.79. The van der Waals surface area contributed by atoms with Crippen LogP contribution in [0.1, 0.15) is 17.2 Å². The van der Waals surface area contributed by atoms with Crippen LogP contribution in [0, 0.1) is 0 Å². The van der Waals surface area contributed by atoms with E-state index in [0.29, 0.717) is 18.2 Å². The molecule has 1 aliphatic carbocycles. The third-order valence-electron chi connectivity index (χ3n) is 4.90. The van der Waals surface area contributed by atoms with Gasteiger partial charge in [-0.3, -0.25) is 4.79 Å². The van der Waals surface area contributed by atoms with Crippen LogP contribution in [0.15, 0.2) is 36.4 Å². The van der Waals surface area contributed by atoms with E-state index in [9.17, 15) is 4.79 Å². The first-order valence-electron chi connectivity index (χ1n) is 8.19. The Balaban J connectivity index is 1.54. The smallest absolute Gasteiger partial charge is 0.263 e. The maximum absolute atomic E-state index is 11.5. The highest BCUT2D eigenvalue weighted by Gasteiger charge is 2.40. The molecule has 0 unspecified atom stereocenters. The van der Waals surface area contributed by atoms with Gasteiger partial charge in [0.15, 0.2) is 18.2 Å². The van der Waals surface area contributed by atoms with Gasteiger partial charge in [0, 0.05) is 13.0 Å². The molecule has 1 N–H and O–H groups in total. The molecule has 1 fully saturated rings. The van der Waals surface area contributed by atoms with Gasteiger partial charge in [-0.25, -0.2) is 4.98 Å². The molecule has 3 aliphatic rings. The number of hydrogen-bond donors (Lipinski definition) is 1. The fraction of sp³-hybridized carbons (Fsp3) is 0.333. The molecule has 1 amide bonds. The summed E-state index contributed by atoms with van der Waals surface area (Å²) < 4.78 is 11.4. The van der Waals surface area contributed by atoms with Gasteiger partial charge in [-0.2, -0.15) is 0 Å². The van der Waals surface area contributed by atoms with Crippen molar-refractivity contribution in [3.8, 4) is 5.75 Å². The molecule has 24 heavy (non-hydrogen) atoms. The fourth-order valence-electron chi connectivity index (χ4n) is 3.87. The number of nitrogens with one attached hydrogen (secondary N) is 1. The van der Waals surface area contributed by atoms with Gasteiger partial charge in [-0.1, -0.05) is 24.3 Å². The van der Waals surface area contributed by atoms with Gasteiger partial charge < -0.3 is 19.7 Å². The number of nitrogens with zero attached hydrogens (tertiary/aromatic N) is 2. The number of rotatable bonds is 1. The number of ether oxygens (including phenoxy) is 2. The van der Waals surface area contributed by atoms with E-state index >= 15 is 0 Å². The summed E-state index contributed by atoms with van der Waals surface area (Å²) in [7, 11) is 0. The van der Waals surface area contributed by atoms with Crippen LogP contribution in [0.25, 0.3) is 0 Å². The molecule has 0 spiro atoms. The van der Waals surface area contributed by atoms with E-state index in [1.807, 2.05) is 12.1 Å². The predicted octanol–water partition coefficient (Wildman–Crippen LogP) is 1.92. The van der Waals surface area contributed by atoms with E-state index in [2.05, 4.69) is 39.5 Å². The zero-order valence-electron chi connectivity index (χ0n) is 13.1. The maximum Gasteiger partial charge on any atom is 0.263 e. The Morgan fingerprint density at radius 3 is 3.08 bits per heavy atom. The first-order chi connectivity index (χ1) is 11.8. The molecule has 6 nitrogen and oxygen atoms in total. The van der Waals surface area contributed by atoms with E-state index < -0.39 is 0 Å². The van der Waals surface area contributed by atoms with Crippen LogP contribution in [0.4, 0.5) is 11.6 Å². The van der Waals surface area contributed by atoms with Crippen LogP contribution in [0.5, 0.6) is 5.75 Å². The molecule has 6 heteroatoms.